The van der Waals surface area contributed by atoms with Crippen LogP contribution in [0.15, 0.2) is 30.3 Å². The summed E-state index contributed by atoms with van der Waals surface area (Å²) >= 11 is 0. The first kappa shape index (κ1) is 23.1. The highest BCUT2D eigenvalue weighted by atomic mass is 19.1. The lowest BCUT2D eigenvalue weighted by atomic mass is 10.2. The number of anilines is 3. The molecule has 3 aromatic heterocycles. The first-order chi connectivity index (χ1) is 17.0. The number of nitrogens with zero attached hydrogens (tertiary/aromatic N) is 4. The number of hydrogen-bond acceptors (Lipinski definition) is 8. The van der Waals surface area contributed by atoms with Crippen molar-refractivity contribution >= 4 is 28.4 Å². The molecule has 4 aromatic rings. The van der Waals surface area contributed by atoms with Gasteiger partial charge < -0.3 is 25.1 Å². The number of nitrogens with one attached hydrogen (secondary N) is 4. The molecule has 0 bridgehead atoms. The molecule has 0 radical (unpaired) electrons. The molecule has 1 saturated heterocycles. The molecule has 184 valence electrons. The van der Waals surface area contributed by atoms with Crippen LogP contribution in [-0.4, -0.2) is 69.4 Å². The van der Waals surface area contributed by atoms with E-state index in [4.69, 9.17) is 9.47 Å². The van der Waals surface area contributed by atoms with E-state index < -0.39 is 5.82 Å². The first-order valence-corrected chi connectivity index (χ1v) is 11.7. The Kier molecular flexibility index (Phi) is 6.77. The zero-order chi connectivity index (χ0) is 24.2. The minimum absolute atomic E-state index is 0.0310. The maximum atomic E-state index is 15.1. The first-order valence-electron chi connectivity index (χ1n) is 11.7. The summed E-state index contributed by atoms with van der Waals surface area (Å²) in [7, 11) is 0. The Bertz CT molecular complexity index is 1300. The SMILES string of the molecule is Cc1cc(Nc2cc(NCCCN3CCOCC3)nc(Oc3ccc4[nH]c(C)cc4c3F)n2)n[nH]1. The third-order valence-electron chi connectivity index (χ3n) is 5.77. The van der Waals surface area contributed by atoms with Crippen molar-refractivity contribution in [3.63, 3.8) is 0 Å². The minimum atomic E-state index is -0.461. The molecule has 5 rings (SSSR count). The topological polar surface area (TPSA) is 116 Å². The Hall–Kier alpha value is -3.70. The fourth-order valence-electron chi connectivity index (χ4n) is 4.05. The number of ether oxygens (including phenoxy) is 2. The second-order valence-corrected chi connectivity index (χ2v) is 8.61. The summed E-state index contributed by atoms with van der Waals surface area (Å²) in [6, 6.07) is 8.77. The van der Waals surface area contributed by atoms with E-state index >= 15 is 4.39 Å². The van der Waals surface area contributed by atoms with E-state index in [2.05, 4.69) is 40.7 Å². The molecule has 11 heteroatoms. The van der Waals surface area contributed by atoms with Crippen molar-refractivity contribution in [1.29, 1.82) is 0 Å². The predicted molar refractivity (Wildman–Crippen MR) is 132 cm³/mol. The number of aromatic amines is 2. The summed E-state index contributed by atoms with van der Waals surface area (Å²) in [5.74, 6) is 1.27. The summed E-state index contributed by atoms with van der Waals surface area (Å²) in [5, 5.41) is 14.0. The highest BCUT2D eigenvalue weighted by molar-refractivity contribution is 5.82. The van der Waals surface area contributed by atoms with Crippen LogP contribution in [0.5, 0.6) is 11.8 Å². The maximum Gasteiger partial charge on any atom is 0.326 e. The van der Waals surface area contributed by atoms with Gasteiger partial charge in [-0.05, 0) is 45.0 Å². The Labute approximate surface area is 202 Å². The summed E-state index contributed by atoms with van der Waals surface area (Å²) in [5.41, 5.74) is 2.49. The van der Waals surface area contributed by atoms with Crippen LogP contribution < -0.4 is 15.4 Å². The number of fused-ring (bicyclic) bond motifs is 1. The van der Waals surface area contributed by atoms with Gasteiger partial charge in [-0.2, -0.15) is 15.1 Å². The van der Waals surface area contributed by atoms with E-state index in [-0.39, 0.29) is 11.8 Å². The van der Waals surface area contributed by atoms with E-state index in [1.165, 1.54) is 0 Å². The van der Waals surface area contributed by atoms with Gasteiger partial charge in [-0.1, -0.05) is 0 Å². The van der Waals surface area contributed by atoms with Crippen LogP contribution in [0.4, 0.5) is 21.8 Å². The Morgan fingerprint density at radius 3 is 2.69 bits per heavy atom. The molecular weight excluding hydrogens is 451 g/mol. The standard InChI is InChI=1S/C24H29FN8O2/c1-15-12-17-18(27-15)4-5-19(23(17)25)35-24-29-20(26-6-3-7-33-8-10-34-11-9-33)14-21(30-24)28-22-13-16(2)31-32-22/h4-5,12-14,27H,3,6-11H2,1-2H3,(H3,26,28,29,30,31,32). The third kappa shape index (κ3) is 5.69. The Balaban J connectivity index is 1.33. The molecule has 0 aliphatic carbocycles. The normalized spacial score (nSPS) is 14.4. The molecule has 1 aliphatic rings. The molecule has 1 fully saturated rings. The van der Waals surface area contributed by atoms with Gasteiger partial charge in [-0.15, -0.1) is 0 Å². The molecule has 1 aromatic carbocycles. The maximum absolute atomic E-state index is 15.1. The molecular formula is C24H29FN8O2. The van der Waals surface area contributed by atoms with E-state index in [0.717, 1.165) is 57.2 Å². The molecule has 0 spiro atoms. The smallest absolute Gasteiger partial charge is 0.326 e. The number of halogens is 1. The molecule has 0 unspecified atom stereocenters. The van der Waals surface area contributed by atoms with Crippen LogP contribution in [0, 0.1) is 19.7 Å². The molecule has 4 heterocycles. The van der Waals surface area contributed by atoms with Crippen LogP contribution in [0.3, 0.4) is 0 Å². The number of benzene rings is 1. The van der Waals surface area contributed by atoms with Crippen molar-refractivity contribution in [2.24, 2.45) is 0 Å². The number of hydrogen-bond donors (Lipinski definition) is 4. The quantitative estimate of drug-likeness (QED) is 0.265. The summed E-state index contributed by atoms with van der Waals surface area (Å²) in [6.07, 6.45) is 0.944. The number of rotatable bonds is 9. The Morgan fingerprint density at radius 1 is 1.06 bits per heavy atom. The van der Waals surface area contributed by atoms with Gasteiger partial charge in [0.05, 0.1) is 13.2 Å². The van der Waals surface area contributed by atoms with Crippen molar-refractivity contribution in [1.82, 2.24) is 30.0 Å². The van der Waals surface area contributed by atoms with Gasteiger partial charge in [0.2, 0.25) is 0 Å². The molecule has 35 heavy (non-hydrogen) atoms. The summed E-state index contributed by atoms with van der Waals surface area (Å²) in [6.45, 7) is 8.97. The largest absolute Gasteiger partial charge is 0.421 e. The fraction of sp³-hybridized carbons (Fsp3) is 0.375. The molecule has 10 nitrogen and oxygen atoms in total. The average Bonchev–Trinajstić information content (AvgIpc) is 3.44. The van der Waals surface area contributed by atoms with E-state index in [9.17, 15) is 0 Å². The van der Waals surface area contributed by atoms with Crippen LogP contribution in [-0.2, 0) is 4.74 Å². The monoisotopic (exact) mass is 480 g/mol. The molecule has 0 atom stereocenters. The lowest BCUT2D eigenvalue weighted by molar-refractivity contribution is 0.0378. The third-order valence-corrected chi connectivity index (χ3v) is 5.77. The number of morpholine rings is 1. The lowest BCUT2D eigenvalue weighted by Crippen LogP contribution is -2.37. The van der Waals surface area contributed by atoms with Gasteiger partial charge in [0.1, 0.15) is 11.6 Å². The molecule has 0 saturated carbocycles. The van der Waals surface area contributed by atoms with Crippen molar-refractivity contribution in [3.05, 3.63) is 47.5 Å². The zero-order valence-corrected chi connectivity index (χ0v) is 19.8. The predicted octanol–water partition coefficient (Wildman–Crippen LogP) is 4.11. The van der Waals surface area contributed by atoms with Gasteiger partial charge in [0.25, 0.3) is 0 Å². The summed E-state index contributed by atoms with van der Waals surface area (Å²) < 4.78 is 26.3. The van der Waals surface area contributed by atoms with E-state index in [0.29, 0.717) is 28.4 Å². The fourth-order valence-corrected chi connectivity index (χ4v) is 4.05. The van der Waals surface area contributed by atoms with Gasteiger partial charge >= 0.3 is 6.01 Å². The minimum Gasteiger partial charge on any atom is -0.421 e. The number of aryl methyl sites for hydroxylation is 2. The van der Waals surface area contributed by atoms with Crippen LogP contribution in [0.2, 0.25) is 0 Å². The number of aromatic nitrogens is 5. The molecule has 0 amide bonds. The van der Waals surface area contributed by atoms with Gasteiger partial charge in [0.15, 0.2) is 17.4 Å². The van der Waals surface area contributed by atoms with Crippen LogP contribution in [0.1, 0.15) is 17.8 Å². The second-order valence-electron chi connectivity index (χ2n) is 8.61. The van der Waals surface area contributed by atoms with Crippen LogP contribution in [0.25, 0.3) is 10.9 Å². The number of H-pyrrole nitrogens is 2. The summed E-state index contributed by atoms with van der Waals surface area (Å²) in [4.78, 5) is 14.4. The van der Waals surface area contributed by atoms with Crippen LogP contribution >= 0.6 is 0 Å². The highest BCUT2D eigenvalue weighted by Gasteiger charge is 2.15. The van der Waals surface area contributed by atoms with Gasteiger partial charge in [0, 0.05) is 54.1 Å². The van der Waals surface area contributed by atoms with E-state index in [1.807, 2.05) is 19.9 Å². The van der Waals surface area contributed by atoms with Gasteiger partial charge in [-0.3, -0.25) is 10.00 Å². The lowest BCUT2D eigenvalue weighted by Gasteiger charge is -2.26. The Morgan fingerprint density at radius 2 is 1.89 bits per heavy atom. The molecule has 1 aliphatic heterocycles. The zero-order valence-electron chi connectivity index (χ0n) is 19.8. The van der Waals surface area contributed by atoms with Crippen molar-refractivity contribution in [3.8, 4) is 11.8 Å². The second kappa shape index (κ2) is 10.3. The van der Waals surface area contributed by atoms with Crippen molar-refractivity contribution in [2.75, 3.05) is 50.0 Å². The van der Waals surface area contributed by atoms with E-state index in [1.54, 1.807) is 24.3 Å². The molecule has 4 N–H and O–H groups in total. The average molecular weight is 481 g/mol. The highest BCUT2D eigenvalue weighted by Crippen LogP contribution is 2.30. The van der Waals surface area contributed by atoms with Crippen molar-refractivity contribution < 1.29 is 13.9 Å². The van der Waals surface area contributed by atoms with Crippen molar-refractivity contribution in [2.45, 2.75) is 20.3 Å². The van der Waals surface area contributed by atoms with Gasteiger partial charge in [-0.25, -0.2) is 4.39 Å².